The van der Waals surface area contributed by atoms with Gasteiger partial charge in [-0.3, -0.25) is 5.10 Å². The molecule has 0 bridgehead atoms. The van der Waals surface area contributed by atoms with Crippen molar-refractivity contribution in [2.24, 2.45) is 5.92 Å². The summed E-state index contributed by atoms with van der Waals surface area (Å²) in [5.74, 6) is 0.514. The molecule has 0 radical (unpaired) electrons. The predicted octanol–water partition coefficient (Wildman–Crippen LogP) is 0.774. The van der Waals surface area contributed by atoms with E-state index in [-0.39, 0.29) is 23.2 Å². The number of H-pyrrole nitrogens is 1. The van der Waals surface area contributed by atoms with E-state index >= 15 is 0 Å². The van der Waals surface area contributed by atoms with Gasteiger partial charge in [-0.1, -0.05) is 0 Å². The molecule has 2 fully saturated rings. The zero-order valence-electron chi connectivity index (χ0n) is 11.0. The molecule has 19 heavy (non-hydrogen) atoms. The first-order chi connectivity index (χ1) is 9.04. The molecule has 0 amide bonds. The Morgan fingerprint density at radius 1 is 1.37 bits per heavy atom. The van der Waals surface area contributed by atoms with Crippen LogP contribution >= 0.6 is 0 Å². The SMILES string of the molecule is Cc1[nH]nc(CO)c1S(=O)(=O)N(CC1CC1)C1CC1. The van der Waals surface area contributed by atoms with Crippen LogP contribution in [0.4, 0.5) is 0 Å². The lowest BCUT2D eigenvalue weighted by molar-refractivity contribution is 0.272. The van der Waals surface area contributed by atoms with Gasteiger partial charge >= 0.3 is 0 Å². The molecule has 1 aromatic rings. The summed E-state index contributed by atoms with van der Waals surface area (Å²) in [6.45, 7) is 1.94. The van der Waals surface area contributed by atoms with Crippen LogP contribution in [-0.2, 0) is 16.6 Å². The Morgan fingerprint density at radius 2 is 2.05 bits per heavy atom. The second kappa shape index (κ2) is 4.57. The van der Waals surface area contributed by atoms with Gasteiger partial charge in [0.1, 0.15) is 10.6 Å². The lowest BCUT2D eigenvalue weighted by Gasteiger charge is -2.22. The number of rotatable bonds is 6. The summed E-state index contributed by atoms with van der Waals surface area (Å²) in [6, 6.07) is 0.145. The van der Waals surface area contributed by atoms with Crippen molar-refractivity contribution in [1.29, 1.82) is 0 Å². The summed E-state index contributed by atoms with van der Waals surface area (Å²) in [5, 5.41) is 15.8. The molecule has 2 N–H and O–H groups in total. The molecule has 0 atom stereocenters. The Hall–Kier alpha value is -0.920. The van der Waals surface area contributed by atoms with Crippen molar-refractivity contribution in [1.82, 2.24) is 14.5 Å². The molecular weight excluding hydrogens is 266 g/mol. The molecule has 0 spiro atoms. The standard InChI is InChI=1S/C12H19N3O3S/c1-8-12(11(7-16)14-13-8)19(17,18)15(10-4-5-10)6-9-2-3-9/h9-10,16H,2-7H2,1H3,(H,13,14). The zero-order valence-corrected chi connectivity index (χ0v) is 11.8. The van der Waals surface area contributed by atoms with Crippen LogP contribution in [0.3, 0.4) is 0 Å². The maximum atomic E-state index is 12.8. The third-order valence-corrected chi connectivity index (χ3v) is 5.89. The van der Waals surface area contributed by atoms with Crippen LogP contribution in [0.15, 0.2) is 4.90 Å². The van der Waals surface area contributed by atoms with Gasteiger partial charge in [0.2, 0.25) is 10.0 Å². The Balaban J connectivity index is 1.96. The highest BCUT2D eigenvalue weighted by molar-refractivity contribution is 7.89. The van der Waals surface area contributed by atoms with Gasteiger partial charge in [-0.15, -0.1) is 0 Å². The highest BCUT2D eigenvalue weighted by atomic mass is 32.2. The third-order valence-electron chi connectivity index (χ3n) is 3.77. The van der Waals surface area contributed by atoms with Gasteiger partial charge < -0.3 is 5.11 Å². The normalized spacial score (nSPS) is 20.2. The van der Waals surface area contributed by atoms with Gasteiger partial charge in [-0.05, 0) is 38.5 Å². The van der Waals surface area contributed by atoms with Gasteiger partial charge in [0.25, 0.3) is 0 Å². The molecule has 3 rings (SSSR count). The summed E-state index contributed by atoms with van der Waals surface area (Å²) in [6.07, 6.45) is 4.13. The van der Waals surface area contributed by atoms with E-state index < -0.39 is 10.0 Å². The molecule has 0 aliphatic heterocycles. The number of aromatic amines is 1. The lowest BCUT2D eigenvalue weighted by Crippen LogP contribution is -2.35. The topological polar surface area (TPSA) is 86.3 Å². The summed E-state index contributed by atoms with van der Waals surface area (Å²) >= 11 is 0. The second-order valence-electron chi connectivity index (χ2n) is 5.53. The molecule has 1 aromatic heterocycles. The Kier molecular flexibility index (Phi) is 3.15. The Bertz CT molecular complexity index is 573. The van der Waals surface area contributed by atoms with Crippen LogP contribution in [0.5, 0.6) is 0 Å². The molecule has 6 nitrogen and oxygen atoms in total. The third kappa shape index (κ3) is 2.42. The zero-order chi connectivity index (χ0) is 13.6. The fourth-order valence-corrected chi connectivity index (χ4v) is 4.48. The number of hydrogen-bond acceptors (Lipinski definition) is 4. The van der Waals surface area contributed by atoms with Gasteiger partial charge in [0.15, 0.2) is 0 Å². The number of aliphatic hydroxyl groups is 1. The molecule has 0 saturated heterocycles. The monoisotopic (exact) mass is 285 g/mol. The van der Waals surface area contributed by atoms with Crippen molar-refractivity contribution in [3.05, 3.63) is 11.4 Å². The molecule has 106 valence electrons. The van der Waals surface area contributed by atoms with Crippen molar-refractivity contribution in [2.75, 3.05) is 6.54 Å². The van der Waals surface area contributed by atoms with Crippen molar-refractivity contribution in [3.63, 3.8) is 0 Å². The minimum atomic E-state index is -3.54. The van der Waals surface area contributed by atoms with Crippen molar-refractivity contribution in [3.8, 4) is 0 Å². The average Bonchev–Trinajstić information content (AvgIpc) is 3.24. The number of sulfonamides is 1. The first-order valence-electron chi connectivity index (χ1n) is 6.70. The van der Waals surface area contributed by atoms with Crippen molar-refractivity contribution < 1.29 is 13.5 Å². The first-order valence-corrected chi connectivity index (χ1v) is 8.14. The maximum Gasteiger partial charge on any atom is 0.247 e. The first kappa shape index (κ1) is 13.1. The van der Waals surface area contributed by atoms with Gasteiger partial charge in [0, 0.05) is 12.6 Å². The van der Waals surface area contributed by atoms with E-state index in [4.69, 9.17) is 0 Å². The molecule has 0 aromatic carbocycles. The number of aryl methyl sites for hydroxylation is 1. The molecule has 0 unspecified atom stereocenters. The van der Waals surface area contributed by atoms with Crippen molar-refractivity contribution >= 4 is 10.0 Å². The molecular formula is C12H19N3O3S. The highest BCUT2D eigenvalue weighted by Crippen LogP contribution is 2.38. The van der Waals surface area contributed by atoms with Crippen LogP contribution in [0.25, 0.3) is 0 Å². The van der Waals surface area contributed by atoms with Crippen molar-refractivity contribution in [2.45, 2.75) is 50.2 Å². The molecule has 2 saturated carbocycles. The summed E-state index contributed by atoms with van der Waals surface area (Å²) in [4.78, 5) is 0.169. The van der Waals surface area contributed by atoms with E-state index in [2.05, 4.69) is 10.2 Å². The summed E-state index contributed by atoms with van der Waals surface area (Å²) in [5.41, 5.74) is 0.726. The largest absolute Gasteiger partial charge is 0.390 e. The quantitative estimate of drug-likeness (QED) is 0.808. The number of aliphatic hydroxyl groups excluding tert-OH is 1. The van der Waals surface area contributed by atoms with Gasteiger partial charge in [0.05, 0.1) is 12.3 Å². The predicted molar refractivity (Wildman–Crippen MR) is 68.9 cm³/mol. The summed E-state index contributed by atoms with van der Waals surface area (Å²) < 4.78 is 27.2. The number of nitrogens with one attached hydrogen (secondary N) is 1. The minimum absolute atomic E-state index is 0.145. The number of hydrogen-bond donors (Lipinski definition) is 2. The van der Waals surface area contributed by atoms with E-state index in [1.165, 1.54) is 0 Å². The maximum absolute atomic E-state index is 12.8. The van der Waals surface area contributed by atoms with Crippen LogP contribution < -0.4 is 0 Å². The fraction of sp³-hybridized carbons (Fsp3) is 0.750. The lowest BCUT2D eigenvalue weighted by atomic mass is 10.4. The fourth-order valence-electron chi connectivity index (χ4n) is 2.40. The van der Waals surface area contributed by atoms with E-state index in [1.807, 2.05) is 0 Å². The molecule has 1 heterocycles. The number of aromatic nitrogens is 2. The van der Waals surface area contributed by atoms with E-state index in [0.717, 1.165) is 25.7 Å². The van der Waals surface area contributed by atoms with Crippen LogP contribution in [0, 0.1) is 12.8 Å². The molecule has 7 heteroatoms. The Morgan fingerprint density at radius 3 is 2.58 bits per heavy atom. The summed E-state index contributed by atoms with van der Waals surface area (Å²) in [7, 11) is -3.54. The van der Waals surface area contributed by atoms with Crippen LogP contribution in [0.2, 0.25) is 0 Å². The Labute approximate surface area is 112 Å². The van der Waals surface area contributed by atoms with Gasteiger partial charge in [-0.2, -0.15) is 9.40 Å². The van der Waals surface area contributed by atoms with Crippen LogP contribution in [-0.4, -0.2) is 40.6 Å². The van der Waals surface area contributed by atoms with Gasteiger partial charge in [-0.25, -0.2) is 8.42 Å². The minimum Gasteiger partial charge on any atom is -0.390 e. The highest BCUT2D eigenvalue weighted by Gasteiger charge is 2.42. The number of nitrogens with zero attached hydrogens (tertiary/aromatic N) is 2. The van der Waals surface area contributed by atoms with E-state index in [1.54, 1.807) is 11.2 Å². The molecule has 2 aliphatic rings. The van der Waals surface area contributed by atoms with E-state index in [0.29, 0.717) is 18.2 Å². The van der Waals surface area contributed by atoms with Crippen LogP contribution in [0.1, 0.15) is 37.1 Å². The average molecular weight is 285 g/mol. The molecule has 2 aliphatic carbocycles. The second-order valence-corrected chi connectivity index (χ2v) is 7.36. The van der Waals surface area contributed by atoms with E-state index in [9.17, 15) is 13.5 Å². The smallest absolute Gasteiger partial charge is 0.247 e.